The zero-order valence-electron chi connectivity index (χ0n) is 9.01. The van der Waals surface area contributed by atoms with Gasteiger partial charge in [0.05, 0.1) is 0 Å². The summed E-state index contributed by atoms with van der Waals surface area (Å²) in [6.45, 7) is 10.6. The molecule has 0 heterocycles. The molecule has 0 aliphatic heterocycles. The molecule has 1 unspecified atom stereocenters. The van der Waals surface area contributed by atoms with Crippen molar-refractivity contribution in [2.24, 2.45) is 5.92 Å². The van der Waals surface area contributed by atoms with E-state index in [0.29, 0.717) is 6.04 Å². The van der Waals surface area contributed by atoms with Gasteiger partial charge in [0.25, 0.3) is 0 Å². The highest BCUT2D eigenvalue weighted by Gasteiger charge is 2.04. The summed E-state index contributed by atoms with van der Waals surface area (Å²) in [5.41, 5.74) is 0. The summed E-state index contributed by atoms with van der Waals surface area (Å²) < 4.78 is 0. The Morgan fingerprint density at radius 1 is 1.25 bits per heavy atom. The molecule has 0 aromatic heterocycles. The molecule has 72 valence electrons. The molecule has 0 amide bonds. The standard InChI is InChI=1S/C11H23N/c1-6-12(5)11(4)9-7-8-10(2)3/h6,10-11H,1,7-9H2,2-5H3. The van der Waals surface area contributed by atoms with Crippen LogP contribution in [0.2, 0.25) is 0 Å². The first kappa shape index (κ1) is 11.5. The lowest BCUT2D eigenvalue weighted by molar-refractivity contribution is 0.320. The van der Waals surface area contributed by atoms with Crippen LogP contribution in [0.1, 0.15) is 40.0 Å². The van der Waals surface area contributed by atoms with Gasteiger partial charge in [-0.3, -0.25) is 0 Å². The van der Waals surface area contributed by atoms with E-state index in [1.54, 1.807) is 0 Å². The smallest absolute Gasteiger partial charge is 0.0252 e. The largest absolute Gasteiger partial charge is 0.378 e. The van der Waals surface area contributed by atoms with Crippen LogP contribution >= 0.6 is 0 Å². The van der Waals surface area contributed by atoms with Gasteiger partial charge < -0.3 is 4.90 Å². The van der Waals surface area contributed by atoms with Crippen molar-refractivity contribution in [3.63, 3.8) is 0 Å². The van der Waals surface area contributed by atoms with Gasteiger partial charge in [-0.05, 0) is 25.5 Å². The molecule has 0 bridgehead atoms. The molecule has 0 aliphatic carbocycles. The first-order valence-electron chi connectivity index (χ1n) is 4.92. The summed E-state index contributed by atoms with van der Waals surface area (Å²) in [4.78, 5) is 2.18. The maximum absolute atomic E-state index is 3.75. The van der Waals surface area contributed by atoms with Crippen molar-refractivity contribution in [1.82, 2.24) is 4.90 Å². The molecule has 1 heteroatoms. The van der Waals surface area contributed by atoms with Crippen LogP contribution < -0.4 is 0 Å². The Morgan fingerprint density at radius 2 is 1.83 bits per heavy atom. The molecule has 1 nitrogen and oxygen atoms in total. The summed E-state index contributed by atoms with van der Waals surface area (Å²) >= 11 is 0. The molecular formula is C11H23N. The first-order chi connectivity index (χ1) is 5.57. The molecule has 0 aromatic rings. The van der Waals surface area contributed by atoms with Gasteiger partial charge in [-0.15, -0.1) is 0 Å². The molecular weight excluding hydrogens is 146 g/mol. The van der Waals surface area contributed by atoms with Crippen molar-refractivity contribution in [1.29, 1.82) is 0 Å². The summed E-state index contributed by atoms with van der Waals surface area (Å²) in [7, 11) is 2.09. The molecule has 0 radical (unpaired) electrons. The third-order valence-corrected chi connectivity index (χ3v) is 2.39. The van der Waals surface area contributed by atoms with Gasteiger partial charge in [-0.1, -0.05) is 33.3 Å². The van der Waals surface area contributed by atoms with E-state index < -0.39 is 0 Å². The summed E-state index contributed by atoms with van der Waals surface area (Å²) in [5.74, 6) is 0.839. The first-order valence-corrected chi connectivity index (χ1v) is 4.92. The van der Waals surface area contributed by atoms with Crippen molar-refractivity contribution < 1.29 is 0 Å². The van der Waals surface area contributed by atoms with Crippen LogP contribution in [0.3, 0.4) is 0 Å². The molecule has 0 saturated carbocycles. The van der Waals surface area contributed by atoms with Crippen LogP contribution in [0.4, 0.5) is 0 Å². The van der Waals surface area contributed by atoms with E-state index in [1.165, 1.54) is 19.3 Å². The van der Waals surface area contributed by atoms with E-state index in [-0.39, 0.29) is 0 Å². The third-order valence-electron chi connectivity index (χ3n) is 2.39. The molecule has 0 N–H and O–H groups in total. The predicted molar refractivity (Wildman–Crippen MR) is 56.1 cm³/mol. The number of hydrogen-bond acceptors (Lipinski definition) is 1. The van der Waals surface area contributed by atoms with Crippen LogP contribution in [0.25, 0.3) is 0 Å². The fraction of sp³-hybridized carbons (Fsp3) is 0.818. The van der Waals surface area contributed by atoms with Crippen LogP contribution in [0.15, 0.2) is 12.8 Å². The minimum absolute atomic E-state index is 0.640. The molecule has 0 saturated heterocycles. The zero-order chi connectivity index (χ0) is 9.56. The monoisotopic (exact) mass is 169 g/mol. The average molecular weight is 169 g/mol. The molecule has 0 spiro atoms. The Morgan fingerprint density at radius 3 is 2.25 bits per heavy atom. The van der Waals surface area contributed by atoms with Crippen LogP contribution in [0, 0.1) is 5.92 Å². The van der Waals surface area contributed by atoms with Gasteiger partial charge in [-0.2, -0.15) is 0 Å². The van der Waals surface area contributed by atoms with Crippen molar-refractivity contribution in [2.45, 2.75) is 46.1 Å². The van der Waals surface area contributed by atoms with Crippen LogP contribution in [0.5, 0.6) is 0 Å². The lowest BCUT2D eigenvalue weighted by Crippen LogP contribution is -2.23. The van der Waals surface area contributed by atoms with Crippen molar-refractivity contribution in [2.75, 3.05) is 7.05 Å². The van der Waals surface area contributed by atoms with E-state index in [2.05, 4.69) is 39.3 Å². The van der Waals surface area contributed by atoms with Gasteiger partial charge in [0, 0.05) is 13.1 Å². The lowest BCUT2D eigenvalue weighted by Gasteiger charge is -2.22. The number of nitrogens with zero attached hydrogens (tertiary/aromatic N) is 1. The minimum atomic E-state index is 0.640. The van der Waals surface area contributed by atoms with Gasteiger partial charge in [-0.25, -0.2) is 0 Å². The number of rotatable bonds is 6. The second-order valence-electron chi connectivity index (χ2n) is 4.02. The van der Waals surface area contributed by atoms with Gasteiger partial charge in [0.15, 0.2) is 0 Å². The summed E-state index contributed by atoms with van der Waals surface area (Å²) in [5, 5.41) is 0. The molecule has 12 heavy (non-hydrogen) atoms. The zero-order valence-corrected chi connectivity index (χ0v) is 9.01. The Balaban J connectivity index is 3.43. The quantitative estimate of drug-likeness (QED) is 0.590. The maximum Gasteiger partial charge on any atom is 0.0252 e. The van der Waals surface area contributed by atoms with E-state index in [4.69, 9.17) is 0 Å². The highest BCUT2D eigenvalue weighted by atomic mass is 15.1. The predicted octanol–water partition coefficient (Wildman–Crippen LogP) is 3.28. The van der Waals surface area contributed by atoms with Gasteiger partial charge >= 0.3 is 0 Å². The van der Waals surface area contributed by atoms with Crippen molar-refractivity contribution in [3.05, 3.63) is 12.8 Å². The fourth-order valence-corrected chi connectivity index (χ4v) is 1.21. The van der Waals surface area contributed by atoms with E-state index in [9.17, 15) is 0 Å². The summed E-state index contributed by atoms with van der Waals surface area (Å²) in [6.07, 6.45) is 5.85. The second-order valence-corrected chi connectivity index (χ2v) is 4.02. The van der Waals surface area contributed by atoms with Crippen molar-refractivity contribution >= 4 is 0 Å². The SMILES string of the molecule is C=CN(C)C(C)CCCC(C)C. The van der Waals surface area contributed by atoms with E-state index >= 15 is 0 Å². The highest BCUT2D eigenvalue weighted by Crippen LogP contribution is 2.11. The van der Waals surface area contributed by atoms with Gasteiger partial charge in [0.2, 0.25) is 0 Å². The second kappa shape index (κ2) is 6.10. The Kier molecular flexibility index (Phi) is 5.87. The lowest BCUT2D eigenvalue weighted by atomic mass is 10.0. The Hall–Kier alpha value is -0.460. The topological polar surface area (TPSA) is 3.24 Å². The van der Waals surface area contributed by atoms with E-state index in [1.807, 2.05) is 6.20 Å². The molecule has 0 aromatic carbocycles. The average Bonchev–Trinajstić information content (AvgIpc) is 2.02. The van der Waals surface area contributed by atoms with Crippen LogP contribution in [-0.4, -0.2) is 18.0 Å². The van der Waals surface area contributed by atoms with E-state index in [0.717, 1.165) is 5.92 Å². The van der Waals surface area contributed by atoms with Crippen molar-refractivity contribution in [3.8, 4) is 0 Å². The Labute approximate surface area is 77.5 Å². The summed E-state index contributed by atoms with van der Waals surface area (Å²) in [6, 6.07) is 0.640. The molecule has 1 atom stereocenters. The molecule has 0 aliphatic rings. The number of hydrogen-bond donors (Lipinski definition) is 0. The Bertz CT molecular complexity index is 118. The minimum Gasteiger partial charge on any atom is -0.378 e. The highest BCUT2D eigenvalue weighted by molar-refractivity contribution is 4.73. The molecule has 0 rings (SSSR count). The third kappa shape index (κ3) is 5.22. The molecule has 0 fully saturated rings. The van der Waals surface area contributed by atoms with Crippen LogP contribution in [-0.2, 0) is 0 Å². The normalized spacial score (nSPS) is 13.1. The maximum atomic E-state index is 3.75. The van der Waals surface area contributed by atoms with Gasteiger partial charge in [0.1, 0.15) is 0 Å². The fourth-order valence-electron chi connectivity index (χ4n) is 1.21.